The molecule has 8 heteroatoms. The Hall–Kier alpha value is 0.400. The van der Waals surface area contributed by atoms with Crippen molar-refractivity contribution in [2.24, 2.45) is 5.41 Å². The van der Waals surface area contributed by atoms with E-state index >= 15 is 0 Å². The quantitative estimate of drug-likeness (QED) is 0.219. The van der Waals surface area contributed by atoms with Crippen LogP contribution >= 0.6 is 38.2 Å². The molecule has 0 bridgehead atoms. The molecule has 0 heterocycles. The average Bonchev–Trinajstić information content (AvgIpc) is 2.24. The van der Waals surface area contributed by atoms with Crippen LogP contribution in [0.4, 0.5) is 0 Å². The van der Waals surface area contributed by atoms with Crippen molar-refractivity contribution < 1.29 is 24.3 Å². The summed E-state index contributed by atoms with van der Waals surface area (Å²) >= 11 is 11.2. The van der Waals surface area contributed by atoms with Crippen LogP contribution in [0.25, 0.3) is 0 Å². The molecule has 3 N–H and O–H groups in total. The molecule has 0 spiro atoms. The third-order valence-corrected chi connectivity index (χ3v) is 2.88. The molecule has 15 heavy (non-hydrogen) atoms. The van der Waals surface area contributed by atoms with Gasteiger partial charge >= 0.3 is 5.97 Å². The number of carbonyl (C=O) groups excluding carboxylic acids is 1. The highest BCUT2D eigenvalue weighted by Gasteiger charge is 2.42. The second kappa shape index (κ2) is 6.21. The zero-order valence-corrected chi connectivity index (χ0v) is 10.5. The predicted molar refractivity (Wildman–Crippen MR) is 64.1 cm³/mol. The molecule has 0 aromatic heterocycles. The minimum Gasteiger partial charge on any atom is -0.396 e. The Balaban J connectivity index is 4.73. The maximum atomic E-state index is 11.2. The number of rotatable bonds is 6. The van der Waals surface area contributed by atoms with E-state index in [0.29, 0.717) is 0 Å². The van der Waals surface area contributed by atoms with Gasteiger partial charge in [0.1, 0.15) is 0 Å². The molecular weight excluding hydrogens is 260 g/mol. The topological polar surface area (TPSA) is 87.0 Å². The molecule has 0 aliphatic rings. The summed E-state index contributed by atoms with van der Waals surface area (Å²) in [7, 11) is 0. The molecule has 0 aromatic carbocycles. The fraction of sp³-hybridized carbons (Fsp3) is 0.857. The molecule has 0 saturated carbocycles. The lowest BCUT2D eigenvalue weighted by Gasteiger charge is -2.33. The maximum Gasteiger partial charge on any atom is 0.343 e. The van der Waals surface area contributed by atoms with E-state index in [9.17, 15) is 4.79 Å². The molecule has 90 valence electrons. The molecule has 0 atom stereocenters. The van der Waals surface area contributed by atoms with Crippen LogP contribution in [0.5, 0.6) is 0 Å². The van der Waals surface area contributed by atoms with E-state index in [4.69, 9.17) is 15.3 Å². The van der Waals surface area contributed by atoms with Crippen LogP contribution in [-0.4, -0.2) is 45.2 Å². The van der Waals surface area contributed by atoms with Crippen molar-refractivity contribution in [3.63, 3.8) is 0 Å². The first-order valence-corrected chi connectivity index (χ1v) is 5.26. The van der Waals surface area contributed by atoms with Crippen LogP contribution in [0.2, 0.25) is 0 Å². The molecule has 0 saturated heterocycles. The highest BCUT2D eigenvalue weighted by Crippen LogP contribution is 2.36. The Bertz CT molecular complexity index is 208. The fourth-order valence-corrected chi connectivity index (χ4v) is 2.05. The van der Waals surface area contributed by atoms with Crippen molar-refractivity contribution >= 4 is 44.1 Å². The van der Waals surface area contributed by atoms with Crippen LogP contribution in [0, 0.1) is 5.41 Å². The monoisotopic (exact) mass is 274 g/mol. The van der Waals surface area contributed by atoms with Crippen molar-refractivity contribution in [1.82, 2.24) is 0 Å². The fourth-order valence-electron chi connectivity index (χ4n) is 0.986. The summed E-state index contributed by atoms with van der Waals surface area (Å²) in [6.45, 7) is -1.49. The molecule has 0 aromatic rings. The van der Waals surface area contributed by atoms with E-state index in [2.05, 4.69) is 42.4 Å². The Morgan fingerprint density at radius 2 is 1.53 bits per heavy atom. The van der Waals surface area contributed by atoms with Gasteiger partial charge in [0.25, 0.3) is 0 Å². The molecule has 0 unspecified atom stereocenters. The summed E-state index contributed by atoms with van der Waals surface area (Å²) in [5.74, 6) is -0.836. The molecule has 0 aliphatic heterocycles. The van der Waals surface area contributed by atoms with Gasteiger partial charge in [0, 0.05) is 18.3 Å². The highest BCUT2D eigenvalue weighted by molar-refractivity contribution is 8.02. The van der Waals surface area contributed by atoms with Crippen molar-refractivity contribution in [2.45, 2.75) is 10.5 Å². The zero-order valence-electron chi connectivity index (χ0n) is 7.83. The molecular formula is C7H14O5S3. The normalized spacial score (nSPS) is 12.7. The van der Waals surface area contributed by atoms with E-state index in [0.717, 1.165) is 0 Å². The SMILES string of the molecule is O=C(OS)C(S)(S)CC(CO)(CO)CO. The number of hydrogen-bond donors (Lipinski definition) is 6. The summed E-state index contributed by atoms with van der Waals surface area (Å²) in [6.07, 6.45) is -0.158. The van der Waals surface area contributed by atoms with Gasteiger partial charge in [-0.3, -0.25) is 0 Å². The smallest absolute Gasteiger partial charge is 0.343 e. The molecule has 0 aliphatic carbocycles. The maximum absolute atomic E-state index is 11.2. The lowest BCUT2D eigenvalue weighted by atomic mass is 9.85. The zero-order chi connectivity index (χ0) is 12.1. The lowest BCUT2D eigenvalue weighted by molar-refractivity contribution is -0.134. The first-order chi connectivity index (χ1) is 6.87. The largest absolute Gasteiger partial charge is 0.396 e. The van der Waals surface area contributed by atoms with Crippen molar-refractivity contribution in [2.75, 3.05) is 19.8 Å². The first kappa shape index (κ1) is 15.4. The van der Waals surface area contributed by atoms with Crippen LogP contribution in [0.3, 0.4) is 0 Å². The Labute approximate surface area is 104 Å². The van der Waals surface area contributed by atoms with Crippen molar-refractivity contribution in [1.29, 1.82) is 0 Å². The van der Waals surface area contributed by atoms with Crippen LogP contribution in [-0.2, 0) is 8.98 Å². The van der Waals surface area contributed by atoms with E-state index in [1.165, 1.54) is 0 Å². The summed E-state index contributed by atoms with van der Waals surface area (Å²) < 4.78 is 2.62. The van der Waals surface area contributed by atoms with Crippen molar-refractivity contribution in [3.8, 4) is 0 Å². The molecule has 5 nitrogen and oxygen atoms in total. The molecule has 0 fully saturated rings. The van der Waals surface area contributed by atoms with Gasteiger partial charge in [0.15, 0.2) is 4.08 Å². The molecule has 0 amide bonds. The third kappa shape index (κ3) is 4.04. The van der Waals surface area contributed by atoms with Crippen molar-refractivity contribution in [3.05, 3.63) is 0 Å². The van der Waals surface area contributed by atoms with Gasteiger partial charge in [0.2, 0.25) is 0 Å². The van der Waals surface area contributed by atoms with Gasteiger partial charge in [-0.1, -0.05) is 0 Å². The van der Waals surface area contributed by atoms with E-state index in [1.54, 1.807) is 0 Å². The number of hydrogen-bond acceptors (Lipinski definition) is 8. The minimum atomic E-state index is -1.53. The molecule has 0 rings (SSSR count). The summed E-state index contributed by atoms with van der Waals surface area (Å²) in [4.78, 5) is 11.2. The Kier molecular flexibility index (Phi) is 6.38. The van der Waals surface area contributed by atoms with Gasteiger partial charge in [-0.25, -0.2) is 4.79 Å². The summed E-state index contributed by atoms with van der Waals surface area (Å²) in [5, 5.41) is 27.1. The predicted octanol–water partition coefficient (Wildman–Crippen LogP) is -0.716. The highest BCUT2D eigenvalue weighted by atomic mass is 32.2. The van der Waals surface area contributed by atoms with E-state index in [-0.39, 0.29) is 6.42 Å². The summed E-state index contributed by atoms with van der Waals surface area (Å²) in [6, 6.07) is 0. The standard InChI is InChI=1S/C7H14O5S3/c8-2-6(3-9,4-10)1-7(13,14)5(11)12-15/h8-10,13-15H,1-4H2. The van der Waals surface area contributed by atoms with Gasteiger partial charge in [0.05, 0.1) is 19.8 Å². The minimum absolute atomic E-state index is 0.158. The van der Waals surface area contributed by atoms with Gasteiger partial charge in [-0.2, -0.15) is 25.3 Å². The number of aliphatic hydroxyl groups excluding tert-OH is 3. The summed E-state index contributed by atoms with van der Waals surface area (Å²) in [5.41, 5.74) is -1.23. The van der Waals surface area contributed by atoms with E-state index < -0.39 is 35.3 Å². The van der Waals surface area contributed by atoms with E-state index in [1.807, 2.05) is 0 Å². The van der Waals surface area contributed by atoms with Gasteiger partial charge in [-0.15, -0.1) is 0 Å². The number of aliphatic hydroxyl groups is 3. The first-order valence-electron chi connectivity index (χ1n) is 4.00. The van der Waals surface area contributed by atoms with Crippen LogP contribution in [0.1, 0.15) is 6.42 Å². The third-order valence-electron chi connectivity index (χ3n) is 2.04. The second-order valence-electron chi connectivity index (χ2n) is 3.35. The second-order valence-corrected chi connectivity index (χ2v) is 5.41. The molecule has 0 radical (unpaired) electrons. The van der Waals surface area contributed by atoms with Crippen LogP contribution in [0.15, 0.2) is 0 Å². The number of thiol groups is 3. The number of carbonyl (C=O) groups is 1. The Morgan fingerprint density at radius 1 is 1.13 bits per heavy atom. The van der Waals surface area contributed by atoms with Gasteiger partial charge < -0.3 is 19.5 Å². The van der Waals surface area contributed by atoms with Gasteiger partial charge in [-0.05, 0) is 6.42 Å². The lowest BCUT2D eigenvalue weighted by Crippen LogP contribution is -2.42. The average molecular weight is 274 g/mol. The Morgan fingerprint density at radius 3 is 1.80 bits per heavy atom. The van der Waals surface area contributed by atoms with Crippen LogP contribution < -0.4 is 0 Å².